The molecule has 5 nitrogen and oxygen atoms in total. The summed E-state index contributed by atoms with van der Waals surface area (Å²) >= 11 is 5.11. The van der Waals surface area contributed by atoms with E-state index in [1.807, 2.05) is 11.4 Å². The van der Waals surface area contributed by atoms with Crippen molar-refractivity contribution < 1.29 is 0 Å². The first-order valence-electron chi connectivity index (χ1n) is 3.89. The van der Waals surface area contributed by atoms with Crippen LogP contribution in [0.4, 0.5) is 11.9 Å². The summed E-state index contributed by atoms with van der Waals surface area (Å²) in [6.45, 7) is 0.690. The van der Waals surface area contributed by atoms with Crippen LogP contribution in [-0.4, -0.2) is 15.2 Å². The summed E-state index contributed by atoms with van der Waals surface area (Å²) in [5, 5.41) is 11.5. The van der Waals surface area contributed by atoms with Crippen LogP contribution >= 0.6 is 27.3 Å². The third-order valence-electron chi connectivity index (χ3n) is 1.60. The maximum absolute atomic E-state index is 5.38. The van der Waals surface area contributed by atoms with Crippen molar-refractivity contribution in [2.45, 2.75) is 6.54 Å². The molecule has 0 saturated heterocycles. The number of thiophene rings is 1. The maximum Gasteiger partial charge on any atom is 0.243 e. The van der Waals surface area contributed by atoms with E-state index in [-0.39, 0.29) is 0 Å². The normalized spacial score (nSPS) is 10.4. The molecule has 0 saturated carbocycles. The molecule has 2 heterocycles. The molecule has 2 aromatic heterocycles. The number of nitrogens with two attached hydrogens (primary N) is 1. The third-order valence-corrected chi connectivity index (χ3v) is 3.53. The fourth-order valence-electron chi connectivity index (χ4n) is 0.964. The lowest BCUT2D eigenvalue weighted by Gasteiger charge is -1.98. The van der Waals surface area contributed by atoms with Crippen molar-refractivity contribution in [1.82, 2.24) is 15.2 Å². The maximum atomic E-state index is 5.38. The van der Waals surface area contributed by atoms with E-state index in [9.17, 15) is 0 Å². The van der Waals surface area contributed by atoms with Gasteiger partial charge in [-0.1, -0.05) is 0 Å². The van der Waals surface area contributed by atoms with Gasteiger partial charge in [0.2, 0.25) is 11.9 Å². The van der Waals surface area contributed by atoms with Gasteiger partial charge in [-0.05, 0) is 27.4 Å². The number of nitrogens with one attached hydrogen (secondary N) is 2. The molecule has 2 aromatic rings. The first-order valence-corrected chi connectivity index (χ1v) is 5.56. The van der Waals surface area contributed by atoms with E-state index in [4.69, 9.17) is 5.73 Å². The molecular formula is C7H8BrN5S. The van der Waals surface area contributed by atoms with Crippen molar-refractivity contribution in [3.8, 4) is 0 Å². The van der Waals surface area contributed by atoms with Crippen LogP contribution in [0.5, 0.6) is 0 Å². The van der Waals surface area contributed by atoms with Crippen molar-refractivity contribution >= 4 is 39.2 Å². The van der Waals surface area contributed by atoms with Gasteiger partial charge in [-0.2, -0.15) is 4.98 Å². The third kappa shape index (κ3) is 2.05. The monoisotopic (exact) mass is 273 g/mol. The Labute approximate surface area is 92.9 Å². The molecule has 0 aliphatic rings. The number of hydrogen-bond acceptors (Lipinski definition) is 5. The van der Waals surface area contributed by atoms with Crippen LogP contribution in [0.3, 0.4) is 0 Å². The molecule has 7 heteroatoms. The first kappa shape index (κ1) is 9.47. The topological polar surface area (TPSA) is 79.6 Å². The molecule has 14 heavy (non-hydrogen) atoms. The van der Waals surface area contributed by atoms with Crippen molar-refractivity contribution in [1.29, 1.82) is 0 Å². The summed E-state index contributed by atoms with van der Waals surface area (Å²) in [4.78, 5) is 5.13. The molecule has 74 valence electrons. The van der Waals surface area contributed by atoms with Gasteiger partial charge in [0.1, 0.15) is 0 Å². The average molecular weight is 274 g/mol. The van der Waals surface area contributed by atoms with Crippen molar-refractivity contribution in [2.75, 3.05) is 11.1 Å². The summed E-state index contributed by atoms with van der Waals surface area (Å²) in [7, 11) is 0. The highest BCUT2D eigenvalue weighted by atomic mass is 79.9. The minimum atomic E-state index is 0.317. The van der Waals surface area contributed by atoms with Crippen LogP contribution in [0.1, 0.15) is 4.88 Å². The molecule has 0 unspecified atom stereocenters. The Bertz CT molecular complexity index is 423. The largest absolute Gasteiger partial charge is 0.368 e. The fraction of sp³-hybridized carbons (Fsp3) is 0.143. The van der Waals surface area contributed by atoms with Gasteiger partial charge in [-0.25, -0.2) is 5.10 Å². The Balaban J connectivity index is 1.98. The van der Waals surface area contributed by atoms with Crippen molar-refractivity contribution in [2.24, 2.45) is 0 Å². The zero-order chi connectivity index (χ0) is 9.97. The zero-order valence-electron chi connectivity index (χ0n) is 7.12. The number of nitrogens with zero attached hydrogens (tertiary/aromatic N) is 2. The standard InChI is InChI=1S/C7H8BrN5S/c8-4-1-2-14-5(4)3-10-7-11-6(9)12-13-7/h1-2H,3H2,(H4,9,10,11,12,13). The zero-order valence-corrected chi connectivity index (χ0v) is 9.52. The SMILES string of the molecule is Nc1nc(NCc2sccc2Br)n[nH]1. The van der Waals surface area contributed by atoms with Gasteiger partial charge < -0.3 is 11.1 Å². The van der Waals surface area contributed by atoms with Gasteiger partial charge >= 0.3 is 0 Å². The second kappa shape index (κ2) is 3.97. The van der Waals surface area contributed by atoms with E-state index in [1.54, 1.807) is 11.3 Å². The van der Waals surface area contributed by atoms with E-state index >= 15 is 0 Å². The van der Waals surface area contributed by atoms with E-state index in [1.165, 1.54) is 4.88 Å². The molecule has 0 radical (unpaired) electrons. The summed E-state index contributed by atoms with van der Waals surface area (Å²) in [6.07, 6.45) is 0. The lowest BCUT2D eigenvalue weighted by Crippen LogP contribution is -1.99. The van der Waals surface area contributed by atoms with E-state index in [2.05, 4.69) is 36.4 Å². The predicted octanol–water partition coefficient (Wildman–Crippen LogP) is 1.82. The Hall–Kier alpha value is -1.08. The van der Waals surface area contributed by atoms with Crippen LogP contribution in [0, 0.1) is 0 Å². The molecule has 4 N–H and O–H groups in total. The number of H-pyrrole nitrogens is 1. The number of anilines is 2. The second-order valence-electron chi connectivity index (χ2n) is 2.59. The van der Waals surface area contributed by atoms with Crippen LogP contribution < -0.4 is 11.1 Å². The number of nitrogen functional groups attached to an aromatic ring is 1. The molecule has 0 atom stereocenters. The Morgan fingerprint density at radius 2 is 2.50 bits per heavy atom. The fourth-order valence-corrected chi connectivity index (χ4v) is 2.40. The molecule has 0 amide bonds. The molecule has 2 rings (SSSR count). The second-order valence-corrected chi connectivity index (χ2v) is 4.44. The van der Waals surface area contributed by atoms with Gasteiger partial charge in [0.15, 0.2) is 0 Å². The van der Waals surface area contributed by atoms with Gasteiger partial charge in [0.25, 0.3) is 0 Å². The summed E-state index contributed by atoms with van der Waals surface area (Å²) < 4.78 is 1.10. The number of hydrogen-bond donors (Lipinski definition) is 3. The number of halogens is 1. The lowest BCUT2D eigenvalue weighted by atomic mass is 10.5. The minimum absolute atomic E-state index is 0.317. The average Bonchev–Trinajstić information content (AvgIpc) is 2.72. The highest BCUT2D eigenvalue weighted by Gasteiger charge is 2.03. The Morgan fingerprint density at radius 3 is 3.07 bits per heavy atom. The minimum Gasteiger partial charge on any atom is -0.368 e. The molecule has 0 aliphatic heterocycles. The molecule has 0 fully saturated rings. The highest BCUT2D eigenvalue weighted by Crippen LogP contribution is 2.23. The van der Waals surface area contributed by atoms with Crippen LogP contribution in [0.15, 0.2) is 15.9 Å². The summed E-state index contributed by atoms with van der Waals surface area (Å²) in [5.41, 5.74) is 5.38. The van der Waals surface area contributed by atoms with Gasteiger partial charge in [0.05, 0.1) is 6.54 Å². The van der Waals surface area contributed by atoms with Crippen LogP contribution in [-0.2, 0) is 6.54 Å². The van der Waals surface area contributed by atoms with E-state index in [0.717, 1.165) is 4.47 Å². The number of aromatic nitrogens is 3. The summed E-state index contributed by atoms with van der Waals surface area (Å²) in [5.74, 6) is 0.834. The van der Waals surface area contributed by atoms with Crippen molar-refractivity contribution in [3.63, 3.8) is 0 Å². The molecule has 0 aliphatic carbocycles. The van der Waals surface area contributed by atoms with E-state index in [0.29, 0.717) is 18.4 Å². The number of rotatable bonds is 3. The van der Waals surface area contributed by atoms with Crippen LogP contribution in [0.25, 0.3) is 0 Å². The number of aromatic amines is 1. The molecule has 0 spiro atoms. The quantitative estimate of drug-likeness (QED) is 0.797. The molecular weight excluding hydrogens is 266 g/mol. The Morgan fingerprint density at radius 1 is 1.64 bits per heavy atom. The molecule has 0 aromatic carbocycles. The molecule has 0 bridgehead atoms. The lowest BCUT2D eigenvalue weighted by molar-refractivity contribution is 1.05. The van der Waals surface area contributed by atoms with E-state index < -0.39 is 0 Å². The smallest absolute Gasteiger partial charge is 0.243 e. The summed E-state index contributed by atoms with van der Waals surface area (Å²) in [6, 6.07) is 2.01. The highest BCUT2D eigenvalue weighted by molar-refractivity contribution is 9.10. The first-order chi connectivity index (χ1) is 6.75. The van der Waals surface area contributed by atoms with Gasteiger partial charge in [-0.15, -0.1) is 16.4 Å². The van der Waals surface area contributed by atoms with Gasteiger partial charge in [0, 0.05) is 9.35 Å². The predicted molar refractivity (Wildman–Crippen MR) is 60.1 cm³/mol. The van der Waals surface area contributed by atoms with Gasteiger partial charge in [-0.3, -0.25) is 0 Å². The Kier molecular flexibility index (Phi) is 2.69. The van der Waals surface area contributed by atoms with Crippen LogP contribution in [0.2, 0.25) is 0 Å². The van der Waals surface area contributed by atoms with Crippen molar-refractivity contribution in [3.05, 3.63) is 20.8 Å².